The van der Waals surface area contributed by atoms with Crippen LogP contribution in [-0.4, -0.2) is 39.2 Å². The number of aryl methyl sites for hydroxylation is 1. The van der Waals surface area contributed by atoms with Crippen molar-refractivity contribution in [2.45, 2.75) is 25.9 Å². The lowest BCUT2D eigenvalue weighted by Crippen LogP contribution is -2.25. The van der Waals surface area contributed by atoms with E-state index in [9.17, 15) is 8.42 Å². The van der Waals surface area contributed by atoms with Crippen LogP contribution in [-0.2, 0) is 14.6 Å². The largest absolute Gasteiger partial charge is 0.384 e. The summed E-state index contributed by atoms with van der Waals surface area (Å²) < 4.78 is 29.2. The lowest BCUT2D eigenvalue weighted by molar-refractivity contribution is 0.127. The number of nitrogens with one attached hydrogen (secondary N) is 1. The first kappa shape index (κ1) is 14.3. The first-order chi connectivity index (χ1) is 9.05. The van der Waals surface area contributed by atoms with Gasteiger partial charge in [0, 0.05) is 18.8 Å². The summed E-state index contributed by atoms with van der Waals surface area (Å²) in [6.45, 7) is 3.16. The Morgan fingerprint density at radius 1 is 1.32 bits per heavy atom. The second kappa shape index (κ2) is 6.39. The fourth-order valence-corrected chi connectivity index (χ4v) is 3.57. The highest BCUT2D eigenvalue weighted by atomic mass is 32.2. The van der Waals surface area contributed by atoms with Gasteiger partial charge < -0.3 is 10.1 Å². The van der Waals surface area contributed by atoms with Crippen molar-refractivity contribution in [2.75, 3.05) is 30.0 Å². The summed E-state index contributed by atoms with van der Waals surface area (Å²) in [6, 6.07) is 7.93. The Labute approximate surface area is 115 Å². The highest BCUT2D eigenvalue weighted by Crippen LogP contribution is 2.14. The Morgan fingerprint density at radius 2 is 2.05 bits per heavy atom. The molecule has 19 heavy (non-hydrogen) atoms. The SMILES string of the molecule is Cc1ccc(NCCS(=O)(=O)CC2CCCO2)cc1. The van der Waals surface area contributed by atoms with E-state index in [1.54, 1.807) is 0 Å². The summed E-state index contributed by atoms with van der Waals surface area (Å²) in [5, 5.41) is 3.13. The minimum atomic E-state index is -3.03. The number of benzene rings is 1. The van der Waals surface area contributed by atoms with Crippen molar-refractivity contribution in [3.8, 4) is 0 Å². The molecule has 1 unspecified atom stereocenters. The summed E-state index contributed by atoms with van der Waals surface area (Å²) >= 11 is 0. The van der Waals surface area contributed by atoms with E-state index in [2.05, 4.69) is 5.32 Å². The first-order valence-corrected chi connectivity index (χ1v) is 8.50. The van der Waals surface area contributed by atoms with Gasteiger partial charge in [-0.3, -0.25) is 0 Å². The fourth-order valence-electron chi connectivity index (χ4n) is 2.16. The predicted octanol–water partition coefficient (Wildman–Crippen LogP) is 2.00. The molecule has 1 aromatic carbocycles. The van der Waals surface area contributed by atoms with Gasteiger partial charge in [-0.2, -0.15) is 0 Å². The molecule has 1 aliphatic rings. The van der Waals surface area contributed by atoms with Gasteiger partial charge >= 0.3 is 0 Å². The average Bonchev–Trinajstić information content (AvgIpc) is 2.83. The van der Waals surface area contributed by atoms with Crippen LogP contribution in [0.15, 0.2) is 24.3 Å². The van der Waals surface area contributed by atoms with E-state index in [4.69, 9.17) is 4.74 Å². The minimum Gasteiger partial charge on any atom is -0.384 e. The van der Waals surface area contributed by atoms with Crippen LogP contribution in [0.5, 0.6) is 0 Å². The maximum Gasteiger partial charge on any atom is 0.154 e. The topological polar surface area (TPSA) is 55.4 Å². The summed E-state index contributed by atoms with van der Waals surface area (Å²) in [5.74, 6) is 0.309. The zero-order chi connectivity index (χ0) is 13.7. The van der Waals surface area contributed by atoms with Gasteiger partial charge in [-0.1, -0.05) is 17.7 Å². The van der Waals surface area contributed by atoms with Gasteiger partial charge in [0.2, 0.25) is 0 Å². The molecule has 5 heteroatoms. The third-order valence-corrected chi connectivity index (χ3v) is 4.96. The van der Waals surface area contributed by atoms with Crippen molar-refractivity contribution < 1.29 is 13.2 Å². The van der Waals surface area contributed by atoms with Gasteiger partial charge in [0.15, 0.2) is 9.84 Å². The van der Waals surface area contributed by atoms with Gasteiger partial charge in [-0.05, 0) is 31.9 Å². The maximum atomic E-state index is 11.9. The number of rotatable bonds is 6. The van der Waals surface area contributed by atoms with Crippen molar-refractivity contribution in [1.82, 2.24) is 0 Å². The van der Waals surface area contributed by atoms with E-state index in [0.29, 0.717) is 13.2 Å². The molecule has 2 rings (SSSR count). The molecule has 0 radical (unpaired) electrons. The van der Waals surface area contributed by atoms with Crippen molar-refractivity contribution in [3.63, 3.8) is 0 Å². The summed E-state index contributed by atoms with van der Waals surface area (Å²) in [6.07, 6.45) is 1.75. The second-order valence-electron chi connectivity index (χ2n) is 5.04. The summed E-state index contributed by atoms with van der Waals surface area (Å²) in [4.78, 5) is 0. The van der Waals surface area contributed by atoms with Crippen LogP contribution >= 0.6 is 0 Å². The molecule has 0 aromatic heterocycles. The highest BCUT2D eigenvalue weighted by molar-refractivity contribution is 7.91. The molecular formula is C14H21NO3S. The number of anilines is 1. The van der Waals surface area contributed by atoms with Crippen LogP contribution in [0.4, 0.5) is 5.69 Å². The van der Waals surface area contributed by atoms with E-state index in [1.165, 1.54) is 5.56 Å². The van der Waals surface area contributed by atoms with E-state index in [-0.39, 0.29) is 17.6 Å². The number of sulfone groups is 1. The first-order valence-electron chi connectivity index (χ1n) is 6.68. The Hall–Kier alpha value is -1.07. The smallest absolute Gasteiger partial charge is 0.154 e. The molecule has 0 spiro atoms. The third-order valence-electron chi connectivity index (χ3n) is 3.26. The second-order valence-corrected chi connectivity index (χ2v) is 7.27. The van der Waals surface area contributed by atoms with E-state index < -0.39 is 9.84 Å². The molecule has 1 atom stereocenters. The van der Waals surface area contributed by atoms with E-state index in [0.717, 1.165) is 18.5 Å². The maximum absolute atomic E-state index is 11.9. The summed E-state index contributed by atoms with van der Waals surface area (Å²) in [7, 11) is -3.03. The van der Waals surface area contributed by atoms with Crippen LogP contribution in [0.2, 0.25) is 0 Å². The van der Waals surface area contributed by atoms with Gasteiger partial charge in [-0.15, -0.1) is 0 Å². The number of hydrogen-bond acceptors (Lipinski definition) is 4. The van der Waals surface area contributed by atoms with Crippen LogP contribution < -0.4 is 5.32 Å². The van der Waals surface area contributed by atoms with Crippen molar-refractivity contribution in [2.24, 2.45) is 0 Å². The average molecular weight is 283 g/mol. The lowest BCUT2D eigenvalue weighted by atomic mass is 10.2. The zero-order valence-corrected chi connectivity index (χ0v) is 12.1. The van der Waals surface area contributed by atoms with Crippen molar-refractivity contribution >= 4 is 15.5 Å². The molecule has 1 aromatic rings. The standard InChI is InChI=1S/C14H21NO3S/c1-12-4-6-13(7-5-12)15-8-10-19(16,17)11-14-3-2-9-18-14/h4-7,14-15H,2-3,8-11H2,1H3. The molecule has 0 bridgehead atoms. The molecule has 1 aliphatic heterocycles. The molecule has 1 N–H and O–H groups in total. The fraction of sp³-hybridized carbons (Fsp3) is 0.571. The zero-order valence-electron chi connectivity index (χ0n) is 11.3. The quantitative estimate of drug-likeness (QED) is 0.867. The van der Waals surface area contributed by atoms with Crippen molar-refractivity contribution in [3.05, 3.63) is 29.8 Å². The van der Waals surface area contributed by atoms with Gasteiger partial charge in [-0.25, -0.2) is 8.42 Å². The molecular weight excluding hydrogens is 262 g/mol. The van der Waals surface area contributed by atoms with Crippen LogP contribution in [0.1, 0.15) is 18.4 Å². The number of hydrogen-bond donors (Lipinski definition) is 1. The molecule has 0 saturated carbocycles. The Balaban J connectivity index is 1.76. The van der Waals surface area contributed by atoms with Crippen LogP contribution in [0.25, 0.3) is 0 Å². The van der Waals surface area contributed by atoms with E-state index >= 15 is 0 Å². The Bertz CT molecular complexity index is 490. The molecule has 1 fully saturated rings. The molecule has 0 amide bonds. The third kappa shape index (κ3) is 4.84. The molecule has 0 aliphatic carbocycles. The molecule has 106 valence electrons. The molecule has 1 heterocycles. The summed E-state index contributed by atoms with van der Waals surface area (Å²) in [5.41, 5.74) is 2.15. The molecule has 1 saturated heterocycles. The number of ether oxygens (including phenoxy) is 1. The highest BCUT2D eigenvalue weighted by Gasteiger charge is 2.22. The Morgan fingerprint density at radius 3 is 2.68 bits per heavy atom. The normalized spacial score (nSPS) is 19.5. The predicted molar refractivity (Wildman–Crippen MR) is 77.3 cm³/mol. The Kier molecular flexibility index (Phi) is 4.82. The van der Waals surface area contributed by atoms with E-state index in [1.807, 2.05) is 31.2 Å². The van der Waals surface area contributed by atoms with Crippen molar-refractivity contribution in [1.29, 1.82) is 0 Å². The van der Waals surface area contributed by atoms with Crippen LogP contribution in [0, 0.1) is 6.92 Å². The molecule has 4 nitrogen and oxygen atoms in total. The van der Waals surface area contributed by atoms with Gasteiger partial charge in [0.05, 0.1) is 17.6 Å². The van der Waals surface area contributed by atoms with Gasteiger partial charge in [0.1, 0.15) is 0 Å². The van der Waals surface area contributed by atoms with Crippen LogP contribution in [0.3, 0.4) is 0 Å². The minimum absolute atomic E-state index is 0.0932. The van der Waals surface area contributed by atoms with Gasteiger partial charge in [0.25, 0.3) is 0 Å². The monoisotopic (exact) mass is 283 g/mol. The lowest BCUT2D eigenvalue weighted by Gasteiger charge is -2.11.